The Morgan fingerprint density at radius 2 is 2.08 bits per heavy atom. The summed E-state index contributed by atoms with van der Waals surface area (Å²) < 4.78 is 19.5. The predicted octanol–water partition coefficient (Wildman–Crippen LogP) is 4.05. The zero-order chi connectivity index (χ0) is 16.7. The van der Waals surface area contributed by atoms with E-state index in [4.69, 9.17) is 9.84 Å². The van der Waals surface area contributed by atoms with Crippen molar-refractivity contribution in [3.05, 3.63) is 64.5 Å². The summed E-state index contributed by atoms with van der Waals surface area (Å²) in [6.45, 7) is 0.433. The smallest absolute Gasteiger partial charge is 0.304 e. The van der Waals surface area contributed by atoms with Crippen molar-refractivity contribution in [1.82, 2.24) is 0 Å². The molecule has 124 valence electrons. The summed E-state index contributed by atoms with van der Waals surface area (Å²) in [6.07, 6.45) is 2.73. The van der Waals surface area contributed by atoms with E-state index in [2.05, 4.69) is 6.07 Å². The number of halogens is 1. The highest BCUT2D eigenvalue weighted by atomic mass is 19.1. The minimum Gasteiger partial charge on any atom is -0.493 e. The van der Waals surface area contributed by atoms with Crippen LogP contribution in [0.5, 0.6) is 5.75 Å². The number of carboxylic acids is 1. The van der Waals surface area contributed by atoms with Crippen LogP contribution in [0, 0.1) is 5.82 Å². The van der Waals surface area contributed by atoms with Gasteiger partial charge in [0.1, 0.15) is 11.6 Å². The largest absolute Gasteiger partial charge is 0.493 e. The van der Waals surface area contributed by atoms with Crippen LogP contribution in [0.2, 0.25) is 0 Å². The molecule has 2 aromatic rings. The molecule has 2 unspecified atom stereocenters. The molecule has 4 heteroatoms. The molecule has 0 spiro atoms. The Bertz CT molecular complexity index is 799. The molecule has 0 fully saturated rings. The first kappa shape index (κ1) is 15.2. The van der Waals surface area contributed by atoms with Gasteiger partial charge in [0.2, 0.25) is 0 Å². The third kappa shape index (κ3) is 2.66. The fourth-order valence-corrected chi connectivity index (χ4v) is 4.02. The number of rotatable bonds is 4. The van der Waals surface area contributed by atoms with E-state index < -0.39 is 5.97 Å². The molecule has 4 rings (SSSR count). The molecule has 0 radical (unpaired) electrons. The van der Waals surface area contributed by atoms with Gasteiger partial charge in [0.15, 0.2) is 0 Å². The van der Waals surface area contributed by atoms with Gasteiger partial charge >= 0.3 is 5.97 Å². The van der Waals surface area contributed by atoms with Crippen molar-refractivity contribution in [2.75, 3.05) is 6.61 Å². The average Bonchev–Trinajstić information content (AvgIpc) is 3.13. The van der Waals surface area contributed by atoms with Crippen LogP contribution in [0.3, 0.4) is 0 Å². The molecular weight excluding hydrogens is 307 g/mol. The molecule has 1 aliphatic heterocycles. The lowest BCUT2D eigenvalue weighted by molar-refractivity contribution is -0.137. The van der Waals surface area contributed by atoms with Gasteiger partial charge in [-0.25, -0.2) is 4.39 Å². The number of hydrogen-bond donors (Lipinski definition) is 1. The second-order valence-corrected chi connectivity index (χ2v) is 6.73. The van der Waals surface area contributed by atoms with E-state index in [1.54, 1.807) is 6.07 Å². The summed E-state index contributed by atoms with van der Waals surface area (Å²) in [6, 6.07) is 11.4. The first-order chi connectivity index (χ1) is 11.6. The highest BCUT2D eigenvalue weighted by molar-refractivity contribution is 5.68. The lowest BCUT2D eigenvalue weighted by atomic mass is 9.91. The molecule has 0 amide bonds. The Morgan fingerprint density at radius 1 is 1.21 bits per heavy atom. The van der Waals surface area contributed by atoms with Crippen LogP contribution in [-0.4, -0.2) is 17.7 Å². The Morgan fingerprint density at radius 3 is 2.92 bits per heavy atom. The van der Waals surface area contributed by atoms with Crippen molar-refractivity contribution in [3.63, 3.8) is 0 Å². The maximum atomic E-state index is 13.9. The maximum Gasteiger partial charge on any atom is 0.304 e. The van der Waals surface area contributed by atoms with Crippen LogP contribution >= 0.6 is 0 Å². The summed E-state index contributed by atoms with van der Waals surface area (Å²) in [5.41, 5.74) is 4.13. The molecule has 24 heavy (non-hydrogen) atoms. The third-order valence-corrected chi connectivity index (χ3v) is 5.20. The predicted molar refractivity (Wildman–Crippen MR) is 88.1 cm³/mol. The molecule has 0 saturated carbocycles. The van der Waals surface area contributed by atoms with Gasteiger partial charge in [0.25, 0.3) is 0 Å². The van der Waals surface area contributed by atoms with Gasteiger partial charge < -0.3 is 9.84 Å². The van der Waals surface area contributed by atoms with E-state index in [9.17, 15) is 9.18 Å². The summed E-state index contributed by atoms with van der Waals surface area (Å²) >= 11 is 0. The summed E-state index contributed by atoms with van der Waals surface area (Å²) in [5, 5.41) is 8.97. The van der Waals surface area contributed by atoms with Gasteiger partial charge in [-0.3, -0.25) is 4.79 Å². The molecule has 0 aromatic heterocycles. The number of carboxylic acid groups (broad SMARTS) is 1. The molecule has 0 bridgehead atoms. The van der Waals surface area contributed by atoms with Gasteiger partial charge in [0.05, 0.1) is 13.0 Å². The molecule has 2 aliphatic rings. The van der Waals surface area contributed by atoms with Gasteiger partial charge in [-0.2, -0.15) is 0 Å². The number of ether oxygens (including phenoxy) is 1. The number of benzene rings is 2. The van der Waals surface area contributed by atoms with Crippen LogP contribution < -0.4 is 4.74 Å². The third-order valence-electron chi connectivity index (χ3n) is 5.20. The lowest BCUT2D eigenvalue weighted by Gasteiger charge is -2.13. The topological polar surface area (TPSA) is 46.5 Å². The lowest BCUT2D eigenvalue weighted by Crippen LogP contribution is -2.07. The van der Waals surface area contributed by atoms with Crippen molar-refractivity contribution >= 4 is 5.97 Å². The van der Waals surface area contributed by atoms with Gasteiger partial charge in [-0.1, -0.05) is 24.3 Å². The fraction of sp³-hybridized carbons (Fsp3) is 0.350. The zero-order valence-corrected chi connectivity index (χ0v) is 13.3. The van der Waals surface area contributed by atoms with Crippen LogP contribution in [0.1, 0.15) is 46.9 Å². The van der Waals surface area contributed by atoms with E-state index in [0.29, 0.717) is 12.5 Å². The SMILES string of the molecule is O=C(O)CC1COc2cc(CC3CCc4c(F)cccc43)ccc21. The molecule has 2 atom stereocenters. The van der Waals surface area contributed by atoms with Crippen LogP contribution in [0.25, 0.3) is 0 Å². The van der Waals surface area contributed by atoms with E-state index in [1.807, 2.05) is 18.2 Å². The number of hydrogen-bond acceptors (Lipinski definition) is 2. The minimum atomic E-state index is -0.801. The van der Waals surface area contributed by atoms with E-state index in [-0.39, 0.29) is 18.2 Å². The maximum absolute atomic E-state index is 13.9. The summed E-state index contributed by atoms with van der Waals surface area (Å²) in [5.74, 6) is 0.183. The number of carbonyl (C=O) groups is 1. The second-order valence-electron chi connectivity index (χ2n) is 6.73. The molecule has 3 nitrogen and oxygen atoms in total. The van der Waals surface area contributed by atoms with Crippen molar-refractivity contribution in [2.24, 2.45) is 0 Å². The Kier molecular flexibility index (Phi) is 3.75. The Labute approximate surface area is 140 Å². The Hall–Kier alpha value is -2.36. The van der Waals surface area contributed by atoms with E-state index in [1.165, 1.54) is 6.07 Å². The first-order valence-electron chi connectivity index (χ1n) is 8.36. The monoisotopic (exact) mass is 326 g/mol. The van der Waals surface area contributed by atoms with E-state index >= 15 is 0 Å². The van der Waals surface area contributed by atoms with Gasteiger partial charge in [0, 0.05) is 11.5 Å². The van der Waals surface area contributed by atoms with Crippen molar-refractivity contribution in [2.45, 2.75) is 37.5 Å². The average molecular weight is 326 g/mol. The number of fused-ring (bicyclic) bond motifs is 2. The standard InChI is InChI=1S/C20H19FO3/c21-18-3-1-2-15-13(5-7-17(15)18)8-12-4-6-16-14(10-20(22)23)11-24-19(16)9-12/h1-4,6,9,13-14H,5,7-8,10-11H2,(H,22,23). The summed E-state index contributed by atoms with van der Waals surface area (Å²) in [7, 11) is 0. The molecule has 2 aromatic carbocycles. The van der Waals surface area contributed by atoms with Gasteiger partial charge in [-0.15, -0.1) is 0 Å². The van der Waals surface area contributed by atoms with Crippen LogP contribution in [-0.2, 0) is 17.6 Å². The van der Waals surface area contributed by atoms with Crippen LogP contribution in [0.4, 0.5) is 4.39 Å². The minimum absolute atomic E-state index is 0.0622. The summed E-state index contributed by atoms with van der Waals surface area (Å²) in [4.78, 5) is 10.9. The molecule has 0 saturated heterocycles. The second kappa shape index (κ2) is 5.93. The van der Waals surface area contributed by atoms with Crippen molar-refractivity contribution in [3.8, 4) is 5.75 Å². The highest BCUT2D eigenvalue weighted by Crippen LogP contribution is 2.40. The van der Waals surface area contributed by atoms with Crippen molar-refractivity contribution < 1.29 is 19.0 Å². The van der Waals surface area contributed by atoms with E-state index in [0.717, 1.165) is 47.3 Å². The first-order valence-corrected chi connectivity index (χ1v) is 8.36. The molecular formula is C20H19FO3. The molecule has 1 N–H and O–H groups in total. The number of aliphatic carboxylic acids is 1. The quantitative estimate of drug-likeness (QED) is 0.922. The Balaban J connectivity index is 1.54. The van der Waals surface area contributed by atoms with Gasteiger partial charge in [-0.05, 0) is 54.0 Å². The van der Waals surface area contributed by atoms with Crippen molar-refractivity contribution in [1.29, 1.82) is 0 Å². The molecule has 1 heterocycles. The highest BCUT2D eigenvalue weighted by Gasteiger charge is 2.28. The van der Waals surface area contributed by atoms with Crippen LogP contribution in [0.15, 0.2) is 36.4 Å². The molecule has 1 aliphatic carbocycles. The fourth-order valence-electron chi connectivity index (χ4n) is 4.02. The normalized spacial score (nSPS) is 21.2. The zero-order valence-electron chi connectivity index (χ0n) is 13.3.